The number of aliphatic hydroxyl groups excluding tert-OH is 1. The summed E-state index contributed by atoms with van der Waals surface area (Å²) >= 11 is 0. The topological polar surface area (TPSA) is 82.5 Å². The first-order chi connectivity index (χ1) is 8.02. The van der Waals surface area contributed by atoms with E-state index in [-0.39, 0.29) is 18.0 Å². The second-order valence-electron chi connectivity index (χ2n) is 3.53. The molecule has 1 aromatic heterocycles. The fourth-order valence-corrected chi connectivity index (χ4v) is 2.52. The lowest BCUT2D eigenvalue weighted by Gasteiger charge is -2.16. The molecular weight excluding hydrogens is 242 g/mol. The molecule has 0 spiro atoms. The van der Waals surface area contributed by atoms with Crippen LogP contribution in [-0.4, -0.2) is 50.1 Å². The van der Waals surface area contributed by atoms with E-state index in [4.69, 9.17) is 5.11 Å². The van der Waals surface area contributed by atoms with Crippen molar-refractivity contribution in [3.8, 4) is 0 Å². The van der Waals surface area contributed by atoms with Crippen molar-refractivity contribution in [1.29, 1.82) is 0 Å². The Kier molecular flexibility index (Phi) is 4.86. The van der Waals surface area contributed by atoms with E-state index in [0.717, 1.165) is 0 Å². The summed E-state index contributed by atoms with van der Waals surface area (Å²) in [6.07, 6.45) is 1.86. The molecule has 0 fully saturated rings. The van der Waals surface area contributed by atoms with Crippen LogP contribution in [0, 0.1) is 0 Å². The van der Waals surface area contributed by atoms with Gasteiger partial charge in [-0.2, -0.15) is 0 Å². The minimum absolute atomic E-state index is 0.0298. The maximum absolute atomic E-state index is 12.1. The number of hydrogen-bond acceptors (Lipinski definition) is 5. The molecular formula is C10H17N3O3S. The Balaban J connectivity index is 2.95. The van der Waals surface area contributed by atoms with Crippen molar-refractivity contribution in [1.82, 2.24) is 9.29 Å². The van der Waals surface area contributed by atoms with Gasteiger partial charge in [0.05, 0.1) is 4.90 Å². The van der Waals surface area contributed by atoms with Crippen LogP contribution in [0.5, 0.6) is 0 Å². The molecule has 6 nitrogen and oxygen atoms in total. The predicted molar refractivity (Wildman–Crippen MR) is 65.3 cm³/mol. The van der Waals surface area contributed by atoms with Gasteiger partial charge in [0.2, 0.25) is 10.0 Å². The Bertz CT molecular complexity index is 462. The van der Waals surface area contributed by atoms with Crippen molar-refractivity contribution in [2.45, 2.75) is 11.3 Å². The van der Waals surface area contributed by atoms with Crippen LogP contribution in [0.1, 0.15) is 6.42 Å². The molecule has 0 amide bonds. The summed E-state index contributed by atoms with van der Waals surface area (Å²) in [5.74, 6) is 0.502. The predicted octanol–water partition coefficient (Wildman–Crippen LogP) is 0.126. The van der Waals surface area contributed by atoms with Crippen molar-refractivity contribution in [2.75, 3.05) is 32.6 Å². The van der Waals surface area contributed by atoms with Gasteiger partial charge in [0, 0.05) is 39.5 Å². The standard InChI is InChI=1S/C10H17N3O3S/c1-11-10-8-9(4-5-12-10)17(15,16)13(2)6-3-7-14/h4-5,8,14H,3,6-7H2,1-2H3,(H,11,12). The van der Waals surface area contributed by atoms with Crippen LogP contribution in [-0.2, 0) is 10.0 Å². The fourth-order valence-electron chi connectivity index (χ4n) is 1.30. The number of rotatable bonds is 6. The summed E-state index contributed by atoms with van der Waals surface area (Å²) in [7, 11) is -0.336. The van der Waals surface area contributed by atoms with Gasteiger partial charge in [-0.05, 0) is 12.5 Å². The highest BCUT2D eigenvalue weighted by Crippen LogP contribution is 2.16. The highest BCUT2D eigenvalue weighted by Gasteiger charge is 2.20. The summed E-state index contributed by atoms with van der Waals surface area (Å²) < 4.78 is 25.4. The molecule has 0 unspecified atom stereocenters. The minimum atomic E-state index is -3.50. The Morgan fingerprint density at radius 2 is 2.24 bits per heavy atom. The molecule has 0 aliphatic heterocycles. The molecule has 0 aliphatic carbocycles. The maximum atomic E-state index is 12.1. The van der Waals surface area contributed by atoms with E-state index in [0.29, 0.717) is 12.2 Å². The van der Waals surface area contributed by atoms with Gasteiger partial charge in [-0.3, -0.25) is 0 Å². The van der Waals surface area contributed by atoms with Crippen molar-refractivity contribution in [3.05, 3.63) is 18.3 Å². The Hall–Kier alpha value is -1.18. The second-order valence-corrected chi connectivity index (χ2v) is 5.58. The fraction of sp³-hybridized carbons (Fsp3) is 0.500. The lowest BCUT2D eigenvalue weighted by molar-refractivity contribution is 0.275. The molecule has 0 bridgehead atoms. The van der Waals surface area contributed by atoms with Crippen LogP contribution in [0.3, 0.4) is 0 Å². The van der Waals surface area contributed by atoms with Crippen molar-refractivity contribution in [2.24, 2.45) is 0 Å². The monoisotopic (exact) mass is 259 g/mol. The van der Waals surface area contributed by atoms with Crippen LogP contribution in [0.25, 0.3) is 0 Å². The normalized spacial score (nSPS) is 11.8. The van der Waals surface area contributed by atoms with E-state index in [2.05, 4.69) is 10.3 Å². The molecule has 1 aromatic rings. The average molecular weight is 259 g/mol. The SMILES string of the molecule is CNc1cc(S(=O)(=O)N(C)CCCO)ccn1. The summed E-state index contributed by atoms with van der Waals surface area (Å²) in [5, 5.41) is 11.5. The van der Waals surface area contributed by atoms with Gasteiger partial charge < -0.3 is 10.4 Å². The molecule has 0 radical (unpaired) electrons. The molecule has 0 aromatic carbocycles. The number of aromatic nitrogens is 1. The third-order valence-electron chi connectivity index (χ3n) is 2.33. The Labute approximate surface area is 101 Å². The second kappa shape index (κ2) is 5.95. The molecule has 17 heavy (non-hydrogen) atoms. The molecule has 1 rings (SSSR count). The van der Waals surface area contributed by atoms with Crippen molar-refractivity contribution in [3.63, 3.8) is 0 Å². The van der Waals surface area contributed by atoms with Gasteiger partial charge in [-0.1, -0.05) is 0 Å². The molecule has 7 heteroatoms. The number of nitrogens with one attached hydrogen (secondary N) is 1. The van der Waals surface area contributed by atoms with Gasteiger partial charge >= 0.3 is 0 Å². The van der Waals surface area contributed by atoms with E-state index >= 15 is 0 Å². The van der Waals surface area contributed by atoms with E-state index in [1.165, 1.54) is 29.7 Å². The first-order valence-corrected chi connectivity index (χ1v) is 6.67. The lowest BCUT2D eigenvalue weighted by atomic mass is 10.4. The van der Waals surface area contributed by atoms with Crippen LogP contribution in [0.2, 0.25) is 0 Å². The van der Waals surface area contributed by atoms with E-state index < -0.39 is 10.0 Å². The van der Waals surface area contributed by atoms with E-state index in [9.17, 15) is 8.42 Å². The highest BCUT2D eigenvalue weighted by molar-refractivity contribution is 7.89. The molecule has 2 N–H and O–H groups in total. The average Bonchev–Trinajstić information content (AvgIpc) is 2.35. The van der Waals surface area contributed by atoms with Gasteiger partial charge in [-0.15, -0.1) is 0 Å². The van der Waals surface area contributed by atoms with Gasteiger partial charge in [0.15, 0.2) is 0 Å². The van der Waals surface area contributed by atoms with Crippen LogP contribution < -0.4 is 5.32 Å². The van der Waals surface area contributed by atoms with Gasteiger partial charge in [0.1, 0.15) is 5.82 Å². The summed E-state index contributed by atoms with van der Waals surface area (Å²) in [5.41, 5.74) is 0. The highest BCUT2D eigenvalue weighted by atomic mass is 32.2. The minimum Gasteiger partial charge on any atom is -0.396 e. The first-order valence-electron chi connectivity index (χ1n) is 5.23. The molecule has 96 valence electrons. The maximum Gasteiger partial charge on any atom is 0.243 e. The summed E-state index contributed by atoms with van der Waals surface area (Å²) in [6.45, 7) is 0.258. The summed E-state index contributed by atoms with van der Waals surface area (Å²) in [4.78, 5) is 4.15. The zero-order valence-corrected chi connectivity index (χ0v) is 10.7. The number of pyridine rings is 1. The molecule has 1 heterocycles. The Morgan fingerprint density at radius 3 is 2.82 bits per heavy atom. The Morgan fingerprint density at radius 1 is 1.53 bits per heavy atom. The van der Waals surface area contributed by atoms with Crippen LogP contribution in [0.15, 0.2) is 23.2 Å². The lowest BCUT2D eigenvalue weighted by Crippen LogP contribution is -2.28. The van der Waals surface area contributed by atoms with E-state index in [1.54, 1.807) is 7.05 Å². The molecule has 0 saturated heterocycles. The number of hydrogen-bond donors (Lipinski definition) is 2. The smallest absolute Gasteiger partial charge is 0.243 e. The number of aliphatic hydroxyl groups is 1. The van der Waals surface area contributed by atoms with Crippen LogP contribution >= 0.6 is 0 Å². The van der Waals surface area contributed by atoms with E-state index in [1.807, 2.05) is 0 Å². The number of nitrogens with zero attached hydrogens (tertiary/aromatic N) is 2. The number of sulfonamides is 1. The molecule has 0 aliphatic rings. The third-order valence-corrected chi connectivity index (χ3v) is 4.18. The van der Waals surface area contributed by atoms with Gasteiger partial charge in [0.25, 0.3) is 0 Å². The van der Waals surface area contributed by atoms with Crippen molar-refractivity contribution < 1.29 is 13.5 Å². The summed E-state index contributed by atoms with van der Waals surface area (Å²) in [6, 6.07) is 2.93. The third kappa shape index (κ3) is 3.39. The first kappa shape index (κ1) is 13.9. The molecule has 0 atom stereocenters. The number of anilines is 1. The zero-order valence-electron chi connectivity index (χ0n) is 9.92. The van der Waals surface area contributed by atoms with Crippen molar-refractivity contribution >= 4 is 15.8 Å². The molecule has 0 saturated carbocycles. The van der Waals surface area contributed by atoms with Crippen LogP contribution in [0.4, 0.5) is 5.82 Å². The largest absolute Gasteiger partial charge is 0.396 e. The quantitative estimate of drug-likeness (QED) is 0.758. The van der Waals surface area contributed by atoms with Gasteiger partial charge in [-0.25, -0.2) is 17.7 Å². The zero-order chi connectivity index (χ0) is 12.9.